The molecule has 2 unspecified atom stereocenters. The molecule has 21 nitrogen and oxygen atoms in total. The van der Waals surface area contributed by atoms with Gasteiger partial charge in [-0.15, -0.1) is 0 Å². The topological polar surface area (TPSA) is 270 Å². The molecule has 628 valence electrons. The summed E-state index contributed by atoms with van der Waals surface area (Å²) in [6, 6.07) is 40.4. The summed E-state index contributed by atoms with van der Waals surface area (Å²) in [6.45, 7) is 21.6. The van der Waals surface area contributed by atoms with E-state index in [9.17, 15) is 55.2 Å². The lowest BCUT2D eigenvalue weighted by Gasteiger charge is -2.35. The third-order valence-electron chi connectivity index (χ3n) is 25.5. The Morgan fingerprint density at radius 3 is 0.975 bits per heavy atom. The lowest BCUT2D eigenvalue weighted by Crippen LogP contribution is -2.45. The number of unbranched alkanes of at least 4 members (excludes halogenated alkanes) is 2. The molecule has 16 rings (SSSR count). The number of amides is 8. The first kappa shape index (κ1) is 84.1. The Labute approximate surface area is 705 Å². The molecule has 23 heteroatoms. The minimum atomic E-state index is -3.70. The highest BCUT2D eigenvalue weighted by atomic mass is 32.2. The number of imide groups is 4. The number of rotatable bonds is 40. The van der Waals surface area contributed by atoms with Crippen LogP contribution < -0.4 is 20.4 Å². The number of anilines is 2. The van der Waals surface area contributed by atoms with Crippen LogP contribution in [0.1, 0.15) is 222 Å². The second-order valence-electron chi connectivity index (χ2n) is 34.6. The quantitative estimate of drug-likeness (QED) is 0.0156. The smallest absolute Gasteiger partial charge is 0.265 e. The second-order valence-corrected chi connectivity index (χ2v) is 38.8. The molecule has 4 aliphatic rings. The van der Waals surface area contributed by atoms with Crippen molar-refractivity contribution in [1.82, 2.24) is 20.4 Å². The maximum absolute atomic E-state index is 14.8. The first-order chi connectivity index (χ1) is 58.2. The number of ether oxygens (including phenoxy) is 3. The molecule has 4 aliphatic heterocycles. The molecule has 2 N–H and O–H groups in total. The van der Waals surface area contributed by atoms with Crippen molar-refractivity contribution in [3.8, 4) is 0 Å². The van der Waals surface area contributed by atoms with Crippen molar-refractivity contribution in [2.45, 2.75) is 154 Å². The molecular weight excluding hydrogens is 1570 g/mol. The Hall–Kier alpha value is -10.5. The van der Waals surface area contributed by atoms with E-state index in [2.05, 4.69) is 38.3 Å². The molecule has 0 aromatic heterocycles. The molecule has 0 aliphatic carbocycles. The van der Waals surface area contributed by atoms with Gasteiger partial charge in [0.25, 0.3) is 47.3 Å². The highest BCUT2D eigenvalue weighted by Gasteiger charge is 2.42. The second kappa shape index (κ2) is 34.1. The number of nitrogens with one attached hydrogen (secondary N) is 2. The fourth-order valence-electron chi connectivity index (χ4n) is 18.7. The molecule has 12 aromatic carbocycles. The van der Waals surface area contributed by atoms with E-state index in [1.165, 1.54) is 84.0 Å². The number of benzene rings is 12. The van der Waals surface area contributed by atoms with Crippen molar-refractivity contribution >= 4 is 164 Å². The average molecular weight is 1670 g/mol. The zero-order valence-electron chi connectivity index (χ0n) is 70.1. The Kier molecular flexibility index (Phi) is 23.7. The van der Waals surface area contributed by atoms with Gasteiger partial charge in [0, 0.05) is 125 Å². The number of hydrogen-bond donors (Lipinski definition) is 2. The summed E-state index contributed by atoms with van der Waals surface area (Å²) < 4.78 is 72.2. The zero-order chi connectivity index (χ0) is 85.1. The Balaban J connectivity index is 0.533. The number of sulfone groups is 2. The molecule has 121 heavy (non-hydrogen) atoms. The lowest BCUT2D eigenvalue weighted by molar-refractivity contribution is -0.0378. The fourth-order valence-corrected chi connectivity index (χ4v) is 21.1. The SMILES string of the molecule is CCCCC(CC)COCCCNCCS(=O)(=O)c1ccc(N2C(=O)c3ccc4c5ccc6c7c(ccc(c8ccc(c3c48)C2=O)c75)C(=O)N(CCCC(C)(C)OCCC(C)(C)CN2C(=O)c3ccc4c5ccc7c8c(ccc(c9ccc(c3c49)C2=O)c85)C(=O)N(c2ccc(S(=O)(=O)CCNCCCOCC(CC)CCCC)cc2)C7=O)C6=O)cc1. The van der Waals surface area contributed by atoms with Gasteiger partial charge in [-0.3, -0.25) is 48.2 Å². The summed E-state index contributed by atoms with van der Waals surface area (Å²) in [4.78, 5) is 122. The first-order valence-electron chi connectivity index (χ1n) is 43.0. The molecule has 2 atom stereocenters. The highest BCUT2D eigenvalue weighted by Crippen LogP contribution is 2.50. The van der Waals surface area contributed by atoms with Crippen LogP contribution in [0.2, 0.25) is 0 Å². The van der Waals surface area contributed by atoms with Crippen molar-refractivity contribution < 1.29 is 69.4 Å². The van der Waals surface area contributed by atoms with Crippen molar-refractivity contribution in [3.05, 3.63) is 190 Å². The highest BCUT2D eigenvalue weighted by molar-refractivity contribution is 7.91. The van der Waals surface area contributed by atoms with E-state index >= 15 is 0 Å². The third-order valence-corrected chi connectivity index (χ3v) is 29.0. The number of hydrogen-bond acceptors (Lipinski definition) is 17. The van der Waals surface area contributed by atoms with Crippen molar-refractivity contribution in [2.75, 3.05) is 93.6 Å². The predicted molar refractivity (Wildman–Crippen MR) is 476 cm³/mol. The third kappa shape index (κ3) is 15.5. The largest absolute Gasteiger partial charge is 0.381 e. The number of fused-ring (bicyclic) bond motifs is 4. The fraction of sp³-hybridized carbons (Fsp3) is 0.388. The van der Waals surface area contributed by atoms with Gasteiger partial charge < -0.3 is 24.8 Å². The van der Waals surface area contributed by atoms with Crippen molar-refractivity contribution in [1.29, 1.82) is 0 Å². The number of carbonyl (C=O) groups excluding carboxylic acids is 8. The van der Waals surface area contributed by atoms with Crippen LogP contribution in [0.25, 0.3) is 86.2 Å². The molecule has 0 bridgehead atoms. The van der Waals surface area contributed by atoms with Gasteiger partial charge >= 0.3 is 0 Å². The molecule has 12 aromatic rings. The minimum Gasteiger partial charge on any atom is -0.381 e. The minimum absolute atomic E-state index is 0.0813. The van der Waals surface area contributed by atoms with Gasteiger partial charge in [0.2, 0.25) is 0 Å². The molecule has 0 saturated heterocycles. The van der Waals surface area contributed by atoms with Gasteiger partial charge in [-0.1, -0.05) is 129 Å². The van der Waals surface area contributed by atoms with E-state index in [1.807, 2.05) is 76.2 Å². The maximum atomic E-state index is 14.8. The summed E-state index contributed by atoms with van der Waals surface area (Å²) in [5, 5.41) is 17.3. The number of carbonyl (C=O) groups is 8. The van der Waals surface area contributed by atoms with Gasteiger partial charge in [-0.2, -0.15) is 0 Å². The Morgan fingerprint density at radius 2 is 0.661 bits per heavy atom. The summed E-state index contributed by atoms with van der Waals surface area (Å²) >= 11 is 0. The standard InChI is InChI=1S/C98H104N6O15S2/c1-9-13-18-59(11-3)56-117-51-16-46-99-48-54-120(113,114)63-24-20-61(21-25-63)103-93(109)77-40-32-69-65-28-36-73-85-74(37-29-66(81(65)85)70-33-41-78(94(103)110)87(77)83(69)70)90(106)101(89(73)105)50-15-44-98(7,8)119-53-45-97(5,6)58-102-91(107)75-38-30-67-71-34-42-79-88-80(43-35-72(84(71)88)68-31-39-76(92(102)108)86(75)82(67)68)96(112)104(95(79)111)62-22-26-64(27-23-62)121(115,116)55-49-100-47-17-52-118-57-60(12-4)19-14-10-2/h20-43,59-60,99-100H,9-19,44-58H2,1-8H3. The van der Waals surface area contributed by atoms with Crippen LogP contribution in [0.15, 0.2) is 155 Å². The molecule has 8 amide bonds. The summed E-state index contributed by atoms with van der Waals surface area (Å²) in [5.41, 5.74) is 1.87. The van der Waals surface area contributed by atoms with E-state index in [1.54, 1.807) is 48.5 Å². The van der Waals surface area contributed by atoms with Gasteiger partial charge in [0.1, 0.15) is 0 Å². The van der Waals surface area contributed by atoms with Crippen LogP contribution in [-0.2, 0) is 33.9 Å². The molecule has 0 spiro atoms. The van der Waals surface area contributed by atoms with Crippen LogP contribution >= 0.6 is 0 Å². The van der Waals surface area contributed by atoms with E-state index in [-0.39, 0.29) is 65.5 Å². The van der Waals surface area contributed by atoms with E-state index < -0.39 is 77.9 Å². The monoisotopic (exact) mass is 1670 g/mol. The molecule has 0 radical (unpaired) electrons. The molecule has 4 heterocycles. The van der Waals surface area contributed by atoms with Crippen molar-refractivity contribution in [3.63, 3.8) is 0 Å². The summed E-state index contributed by atoms with van der Waals surface area (Å²) in [7, 11) is -7.39. The lowest BCUT2D eigenvalue weighted by atomic mass is 9.81. The zero-order valence-corrected chi connectivity index (χ0v) is 71.8. The van der Waals surface area contributed by atoms with Crippen LogP contribution in [0.3, 0.4) is 0 Å². The van der Waals surface area contributed by atoms with Crippen molar-refractivity contribution in [2.24, 2.45) is 17.3 Å². The summed E-state index contributed by atoms with van der Waals surface area (Å²) in [6.07, 6.45) is 12.1. The van der Waals surface area contributed by atoms with Gasteiger partial charge in [-0.25, -0.2) is 26.6 Å². The van der Waals surface area contributed by atoms with Gasteiger partial charge in [0.15, 0.2) is 19.7 Å². The Bertz CT molecular complexity index is 6180. The van der Waals surface area contributed by atoms with E-state index in [0.717, 1.165) is 115 Å². The van der Waals surface area contributed by atoms with E-state index in [4.69, 9.17) is 14.2 Å². The van der Waals surface area contributed by atoms with E-state index in [0.29, 0.717) is 134 Å². The maximum Gasteiger partial charge on any atom is 0.265 e. The average Bonchev–Trinajstić information content (AvgIpc) is 0.693. The normalized spacial score (nSPS) is 15.3. The van der Waals surface area contributed by atoms with Gasteiger partial charge in [-0.05, 0) is 251 Å². The predicted octanol–water partition coefficient (Wildman–Crippen LogP) is 18.2. The summed E-state index contributed by atoms with van der Waals surface area (Å²) in [5.74, 6) is -3.07. The molecular formula is C98H104N6O15S2. The molecule has 0 fully saturated rings. The van der Waals surface area contributed by atoms with Crippen LogP contribution in [0, 0.1) is 17.3 Å². The first-order valence-corrected chi connectivity index (χ1v) is 46.3. The van der Waals surface area contributed by atoms with Crippen LogP contribution in [0.5, 0.6) is 0 Å². The Morgan fingerprint density at radius 1 is 0.347 bits per heavy atom. The number of nitrogens with zero attached hydrogens (tertiary/aromatic N) is 4. The van der Waals surface area contributed by atoms with Crippen LogP contribution in [0.4, 0.5) is 11.4 Å². The van der Waals surface area contributed by atoms with Crippen LogP contribution in [-0.4, -0.2) is 163 Å². The molecule has 0 saturated carbocycles. The van der Waals surface area contributed by atoms with Gasteiger partial charge in [0.05, 0.1) is 38.3 Å².